The van der Waals surface area contributed by atoms with Gasteiger partial charge < -0.3 is 5.32 Å². The summed E-state index contributed by atoms with van der Waals surface area (Å²) < 4.78 is 0. The first-order chi connectivity index (χ1) is 5.56. The Labute approximate surface area is 76.9 Å². The number of amidine groups is 1. The van der Waals surface area contributed by atoms with Crippen LogP contribution in [0.25, 0.3) is 0 Å². The Bertz CT molecular complexity index is 243. The van der Waals surface area contributed by atoms with Gasteiger partial charge in [0.05, 0.1) is 17.1 Å². The first kappa shape index (κ1) is 9.32. The van der Waals surface area contributed by atoms with Crippen LogP contribution in [0, 0.1) is 5.41 Å². The van der Waals surface area contributed by atoms with Crippen LogP contribution in [0.15, 0.2) is 17.6 Å². The van der Waals surface area contributed by atoms with E-state index in [0.717, 1.165) is 5.17 Å². The Morgan fingerprint density at radius 3 is 2.83 bits per heavy atom. The van der Waals surface area contributed by atoms with Gasteiger partial charge in [-0.2, -0.15) is 0 Å². The topological polar surface area (TPSA) is 48.2 Å². The second-order valence-corrected chi connectivity index (χ2v) is 4.11. The Kier molecular flexibility index (Phi) is 2.57. The molecule has 0 amide bonds. The van der Waals surface area contributed by atoms with E-state index >= 15 is 0 Å². The summed E-state index contributed by atoms with van der Waals surface area (Å²) in [7, 11) is 0. The van der Waals surface area contributed by atoms with Crippen molar-refractivity contribution in [2.45, 2.75) is 19.4 Å². The van der Waals surface area contributed by atoms with Crippen LogP contribution in [0.4, 0.5) is 0 Å². The first-order valence-corrected chi connectivity index (χ1v) is 4.58. The van der Waals surface area contributed by atoms with E-state index < -0.39 is 0 Å². The van der Waals surface area contributed by atoms with E-state index in [0.29, 0.717) is 11.6 Å². The highest BCUT2D eigenvalue weighted by atomic mass is 32.2. The van der Waals surface area contributed by atoms with E-state index in [2.05, 4.69) is 16.9 Å². The molecule has 3 nitrogen and oxygen atoms in total. The van der Waals surface area contributed by atoms with Crippen LogP contribution in [0.2, 0.25) is 0 Å². The highest BCUT2D eigenvalue weighted by Crippen LogP contribution is 2.24. The highest BCUT2D eigenvalue weighted by Gasteiger charge is 2.33. The molecule has 1 aliphatic heterocycles. The zero-order valence-corrected chi connectivity index (χ0v) is 8.16. The molecule has 66 valence electrons. The van der Waals surface area contributed by atoms with Crippen LogP contribution in [-0.4, -0.2) is 22.3 Å². The Morgan fingerprint density at radius 1 is 1.75 bits per heavy atom. The number of thioether (sulfide) groups is 1. The third-order valence-corrected chi connectivity index (χ3v) is 2.69. The number of hydrogen-bond acceptors (Lipinski definition) is 3. The quantitative estimate of drug-likeness (QED) is 0.639. The van der Waals surface area contributed by atoms with Gasteiger partial charge in [0.25, 0.3) is 0 Å². The lowest BCUT2D eigenvalue weighted by atomic mass is 10.1. The predicted octanol–water partition coefficient (Wildman–Crippen LogP) is 1.62. The molecule has 0 atom stereocenters. The van der Waals surface area contributed by atoms with Gasteiger partial charge in [-0.25, -0.2) is 0 Å². The summed E-state index contributed by atoms with van der Waals surface area (Å²) in [5, 5.41) is 12.2. The van der Waals surface area contributed by atoms with Crippen molar-refractivity contribution in [2.75, 3.05) is 6.54 Å². The molecule has 2 N–H and O–H groups in total. The molecule has 0 radical (unpaired) electrons. The number of hydrogen-bond donors (Lipinski definition) is 2. The second kappa shape index (κ2) is 3.31. The lowest BCUT2D eigenvalue weighted by Crippen LogP contribution is -2.39. The van der Waals surface area contributed by atoms with Gasteiger partial charge in [0.1, 0.15) is 0 Å². The molecule has 0 aliphatic carbocycles. The molecule has 0 unspecified atom stereocenters. The van der Waals surface area contributed by atoms with Gasteiger partial charge >= 0.3 is 0 Å². The van der Waals surface area contributed by atoms with Gasteiger partial charge in [0.2, 0.25) is 0 Å². The number of aliphatic imine (C=N–C) groups is 1. The fraction of sp³-hybridized carbons (Fsp3) is 0.500. The van der Waals surface area contributed by atoms with Crippen molar-refractivity contribution >= 4 is 22.0 Å². The van der Waals surface area contributed by atoms with Crippen molar-refractivity contribution in [1.82, 2.24) is 5.32 Å². The van der Waals surface area contributed by atoms with Crippen LogP contribution in [0.5, 0.6) is 0 Å². The lowest BCUT2D eigenvalue weighted by molar-refractivity contribution is 0.633. The monoisotopic (exact) mass is 183 g/mol. The summed E-state index contributed by atoms with van der Waals surface area (Å²) in [6.45, 7) is 8.13. The summed E-state index contributed by atoms with van der Waals surface area (Å²) in [4.78, 5) is 4.20. The normalized spacial score (nSPS) is 24.2. The average Bonchev–Trinajstić information content (AvgIpc) is 2.22. The molecule has 0 aromatic rings. The maximum atomic E-state index is 7.61. The Hall–Kier alpha value is -0.770. The molecule has 0 saturated carbocycles. The predicted molar refractivity (Wildman–Crippen MR) is 55.0 cm³/mol. The van der Waals surface area contributed by atoms with Gasteiger partial charge in [0.15, 0.2) is 5.17 Å². The van der Waals surface area contributed by atoms with Gasteiger partial charge in [-0.05, 0) is 25.6 Å². The minimum absolute atomic E-state index is 0.245. The molecule has 4 heteroatoms. The number of nitrogens with zero attached hydrogens (tertiary/aromatic N) is 1. The molecule has 1 heterocycles. The van der Waals surface area contributed by atoms with Crippen molar-refractivity contribution in [3.63, 3.8) is 0 Å². The lowest BCUT2D eigenvalue weighted by Gasteiger charge is -2.15. The minimum atomic E-state index is -0.245. The molecule has 1 aliphatic rings. The van der Waals surface area contributed by atoms with E-state index in [1.54, 1.807) is 6.08 Å². The molecule has 0 aromatic heterocycles. The summed E-state index contributed by atoms with van der Waals surface area (Å²) in [6, 6.07) is 0. The van der Waals surface area contributed by atoms with Crippen molar-refractivity contribution in [2.24, 2.45) is 4.99 Å². The zero-order chi connectivity index (χ0) is 9.19. The number of nitrogens with one attached hydrogen (secondary N) is 2. The van der Waals surface area contributed by atoms with Crippen LogP contribution < -0.4 is 5.32 Å². The third-order valence-electron chi connectivity index (χ3n) is 1.55. The summed E-state index contributed by atoms with van der Waals surface area (Å²) in [5.74, 6) is 0. The van der Waals surface area contributed by atoms with E-state index in [9.17, 15) is 0 Å². The van der Waals surface area contributed by atoms with Gasteiger partial charge in [0, 0.05) is 0 Å². The van der Waals surface area contributed by atoms with Gasteiger partial charge in [-0.3, -0.25) is 10.4 Å². The molecule has 0 spiro atoms. The second-order valence-electron chi connectivity index (χ2n) is 3.12. The van der Waals surface area contributed by atoms with E-state index in [4.69, 9.17) is 5.41 Å². The van der Waals surface area contributed by atoms with Crippen LogP contribution in [-0.2, 0) is 0 Å². The fourth-order valence-electron chi connectivity index (χ4n) is 0.793. The number of rotatable bonds is 2. The van der Waals surface area contributed by atoms with Gasteiger partial charge in [-0.15, -0.1) is 6.58 Å². The van der Waals surface area contributed by atoms with E-state index in [-0.39, 0.29) is 5.54 Å². The molecular formula is C8H13N3S. The standard InChI is InChI=1S/C8H13N3S/c1-4-5-10-7-11-8(2,3)6(9)12-7/h4,9H,1,5H2,2-3H3,(H,10,11). The molecule has 0 bridgehead atoms. The van der Waals surface area contributed by atoms with E-state index in [1.807, 2.05) is 13.8 Å². The highest BCUT2D eigenvalue weighted by molar-refractivity contribution is 8.27. The van der Waals surface area contributed by atoms with Crippen LogP contribution in [0.1, 0.15) is 13.8 Å². The van der Waals surface area contributed by atoms with Crippen molar-refractivity contribution in [1.29, 1.82) is 5.41 Å². The average molecular weight is 183 g/mol. The maximum Gasteiger partial charge on any atom is 0.163 e. The molecule has 1 saturated heterocycles. The minimum Gasteiger partial charge on any atom is -0.354 e. The van der Waals surface area contributed by atoms with Crippen molar-refractivity contribution in [3.8, 4) is 0 Å². The Balaban J connectivity index is 2.66. The molecule has 1 rings (SSSR count). The summed E-state index contributed by atoms with van der Waals surface area (Å²) in [6.07, 6.45) is 1.74. The van der Waals surface area contributed by atoms with Crippen molar-refractivity contribution in [3.05, 3.63) is 12.7 Å². The molecule has 12 heavy (non-hydrogen) atoms. The first-order valence-electron chi connectivity index (χ1n) is 3.76. The molecule has 0 aromatic carbocycles. The van der Waals surface area contributed by atoms with Crippen LogP contribution >= 0.6 is 11.8 Å². The van der Waals surface area contributed by atoms with Crippen molar-refractivity contribution < 1.29 is 0 Å². The molecule has 1 fully saturated rings. The fourth-order valence-corrected chi connectivity index (χ4v) is 1.74. The largest absolute Gasteiger partial charge is 0.354 e. The summed E-state index contributed by atoms with van der Waals surface area (Å²) >= 11 is 1.39. The SMILES string of the molecule is C=CCN=C1NC(C)(C)C(=N)S1. The Morgan fingerprint density at radius 2 is 2.42 bits per heavy atom. The van der Waals surface area contributed by atoms with Crippen LogP contribution in [0.3, 0.4) is 0 Å². The summed E-state index contributed by atoms with van der Waals surface area (Å²) in [5.41, 5.74) is -0.245. The van der Waals surface area contributed by atoms with E-state index in [1.165, 1.54) is 11.8 Å². The zero-order valence-electron chi connectivity index (χ0n) is 7.35. The third kappa shape index (κ3) is 1.88. The molecular weight excluding hydrogens is 170 g/mol. The smallest absolute Gasteiger partial charge is 0.163 e. The maximum absolute atomic E-state index is 7.61. The van der Waals surface area contributed by atoms with Gasteiger partial charge in [-0.1, -0.05) is 6.08 Å².